The summed E-state index contributed by atoms with van der Waals surface area (Å²) >= 11 is 0. The molecule has 0 spiro atoms. The van der Waals surface area contributed by atoms with Crippen molar-refractivity contribution < 1.29 is 14.7 Å². The molecule has 0 bridgehead atoms. The number of carboxylic acids is 1. The van der Waals surface area contributed by atoms with Crippen molar-refractivity contribution in [3.8, 4) is 0 Å². The van der Waals surface area contributed by atoms with Gasteiger partial charge < -0.3 is 15.7 Å². The summed E-state index contributed by atoms with van der Waals surface area (Å²) < 4.78 is 0. The maximum absolute atomic E-state index is 11.3. The van der Waals surface area contributed by atoms with E-state index in [0.717, 1.165) is 0 Å². The second-order valence-electron chi connectivity index (χ2n) is 3.56. The van der Waals surface area contributed by atoms with E-state index in [4.69, 9.17) is 5.11 Å². The van der Waals surface area contributed by atoms with Gasteiger partial charge in [0.2, 0.25) is 0 Å². The number of benzene rings is 1. The van der Waals surface area contributed by atoms with Crippen LogP contribution in [0.1, 0.15) is 6.92 Å². The highest BCUT2D eigenvalue weighted by Crippen LogP contribution is 2.13. The highest BCUT2D eigenvalue weighted by molar-refractivity contribution is 6.02. The lowest BCUT2D eigenvalue weighted by molar-refractivity contribution is -0.134. The molecule has 0 atom stereocenters. The lowest BCUT2D eigenvalue weighted by Gasteiger charge is -2.07. The second kappa shape index (κ2) is 5.69. The Kier molecular flexibility index (Phi) is 4.28. The Morgan fingerprint density at radius 2 is 1.76 bits per heavy atom. The van der Waals surface area contributed by atoms with Crippen molar-refractivity contribution in [2.24, 2.45) is 0 Å². The molecule has 0 aromatic heterocycles. The van der Waals surface area contributed by atoms with E-state index in [2.05, 4.69) is 17.2 Å². The van der Waals surface area contributed by atoms with Crippen molar-refractivity contribution in [2.75, 3.05) is 17.2 Å². The second-order valence-corrected chi connectivity index (χ2v) is 3.56. The van der Waals surface area contributed by atoms with E-state index >= 15 is 0 Å². The SMILES string of the molecule is C=C(C)C(=O)Nc1ccc(NCC(=O)O)cc1. The Morgan fingerprint density at radius 3 is 2.24 bits per heavy atom. The van der Waals surface area contributed by atoms with Gasteiger partial charge in [0, 0.05) is 16.9 Å². The van der Waals surface area contributed by atoms with E-state index in [1.165, 1.54) is 0 Å². The predicted molar refractivity (Wildman–Crippen MR) is 66.0 cm³/mol. The van der Waals surface area contributed by atoms with Crippen molar-refractivity contribution in [1.82, 2.24) is 0 Å². The van der Waals surface area contributed by atoms with Crippen LogP contribution in [0.2, 0.25) is 0 Å². The number of carboxylic acid groups (broad SMARTS) is 1. The summed E-state index contributed by atoms with van der Waals surface area (Å²) in [4.78, 5) is 21.6. The lowest BCUT2D eigenvalue weighted by atomic mass is 10.2. The average molecular weight is 234 g/mol. The summed E-state index contributed by atoms with van der Waals surface area (Å²) in [5, 5.41) is 13.8. The van der Waals surface area contributed by atoms with Gasteiger partial charge in [-0.2, -0.15) is 0 Å². The highest BCUT2D eigenvalue weighted by atomic mass is 16.4. The third kappa shape index (κ3) is 4.38. The van der Waals surface area contributed by atoms with Crippen LogP contribution in [-0.2, 0) is 9.59 Å². The normalized spacial score (nSPS) is 9.47. The van der Waals surface area contributed by atoms with Crippen LogP contribution in [0.15, 0.2) is 36.4 Å². The van der Waals surface area contributed by atoms with Gasteiger partial charge in [0.25, 0.3) is 5.91 Å². The quantitative estimate of drug-likeness (QED) is 0.677. The van der Waals surface area contributed by atoms with Gasteiger partial charge in [-0.15, -0.1) is 0 Å². The minimum atomic E-state index is -0.926. The molecule has 0 aliphatic heterocycles. The number of rotatable bonds is 5. The Bertz CT molecular complexity index is 438. The number of hydrogen-bond acceptors (Lipinski definition) is 3. The largest absolute Gasteiger partial charge is 0.480 e. The fraction of sp³-hybridized carbons (Fsp3) is 0.167. The molecule has 5 heteroatoms. The molecule has 0 radical (unpaired) electrons. The number of aliphatic carboxylic acids is 1. The standard InChI is InChI=1S/C12H14N2O3/c1-8(2)12(17)14-10-5-3-9(4-6-10)13-7-11(15)16/h3-6,13H,1,7H2,2H3,(H,14,17)(H,15,16). The van der Waals surface area contributed by atoms with E-state index in [-0.39, 0.29) is 12.5 Å². The van der Waals surface area contributed by atoms with Gasteiger partial charge in [-0.1, -0.05) is 6.58 Å². The molecule has 0 saturated carbocycles. The van der Waals surface area contributed by atoms with E-state index < -0.39 is 5.97 Å². The van der Waals surface area contributed by atoms with Crippen LogP contribution in [0, 0.1) is 0 Å². The van der Waals surface area contributed by atoms with Crippen molar-refractivity contribution in [2.45, 2.75) is 6.92 Å². The van der Waals surface area contributed by atoms with Crippen LogP contribution in [0.25, 0.3) is 0 Å². The highest BCUT2D eigenvalue weighted by Gasteiger charge is 2.02. The molecular weight excluding hydrogens is 220 g/mol. The molecule has 0 aliphatic carbocycles. The molecule has 0 unspecified atom stereocenters. The summed E-state index contributed by atoms with van der Waals surface area (Å²) in [6.45, 7) is 5.01. The van der Waals surface area contributed by atoms with Gasteiger partial charge in [0.05, 0.1) is 0 Å². The average Bonchev–Trinajstić information content (AvgIpc) is 2.28. The van der Waals surface area contributed by atoms with E-state index in [1.807, 2.05) is 0 Å². The monoisotopic (exact) mass is 234 g/mol. The van der Waals surface area contributed by atoms with Gasteiger partial charge in [-0.3, -0.25) is 9.59 Å². The van der Waals surface area contributed by atoms with Crippen molar-refractivity contribution in [3.05, 3.63) is 36.4 Å². The van der Waals surface area contributed by atoms with Gasteiger partial charge in [0.1, 0.15) is 6.54 Å². The molecule has 0 aliphatic rings. The number of amides is 1. The molecule has 1 amide bonds. The molecule has 0 saturated heterocycles. The van der Waals surface area contributed by atoms with Crippen LogP contribution < -0.4 is 10.6 Å². The number of carbonyl (C=O) groups excluding carboxylic acids is 1. The minimum absolute atomic E-state index is 0.141. The maximum atomic E-state index is 11.3. The zero-order chi connectivity index (χ0) is 12.8. The van der Waals surface area contributed by atoms with Crippen LogP contribution in [0.4, 0.5) is 11.4 Å². The van der Waals surface area contributed by atoms with Gasteiger partial charge in [-0.25, -0.2) is 0 Å². The Hall–Kier alpha value is -2.30. The summed E-state index contributed by atoms with van der Waals surface area (Å²) in [5.41, 5.74) is 1.75. The van der Waals surface area contributed by atoms with Crippen LogP contribution in [0.5, 0.6) is 0 Å². The summed E-state index contributed by atoms with van der Waals surface area (Å²) in [6, 6.07) is 6.75. The molecule has 0 heterocycles. The number of hydrogen-bond donors (Lipinski definition) is 3. The van der Waals surface area contributed by atoms with E-state index in [0.29, 0.717) is 16.9 Å². The first-order chi connectivity index (χ1) is 7.99. The maximum Gasteiger partial charge on any atom is 0.322 e. The first-order valence-electron chi connectivity index (χ1n) is 5.01. The Morgan fingerprint density at radius 1 is 1.24 bits per heavy atom. The zero-order valence-electron chi connectivity index (χ0n) is 9.49. The molecular formula is C12H14N2O3. The fourth-order valence-corrected chi connectivity index (χ4v) is 1.09. The first-order valence-corrected chi connectivity index (χ1v) is 5.01. The molecule has 1 aromatic carbocycles. The van der Waals surface area contributed by atoms with Crippen LogP contribution in [0.3, 0.4) is 0 Å². The van der Waals surface area contributed by atoms with Crippen molar-refractivity contribution in [1.29, 1.82) is 0 Å². The first kappa shape index (κ1) is 12.8. The summed E-state index contributed by atoms with van der Waals surface area (Å²) in [7, 11) is 0. The molecule has 0 fully saturated rings. The molecule has 3 N–H and O–H groups in total. The third-order valence-electron chi connectivity index (χ3n) is 1.97. The van der Waals surface area contributed by atoms with E-state index in [1.54, 1.807) is 31.2 Å². The van der Waals surface area contributed by atoms with Crippen LogP contribution >= 0.6 is 0 Å². The predicted octanol–water partition coefficient (Wildman–Crippen LogP) is 1.70. The van der Waals surface area contributed by atoms with Crippen LogP contribution in [-0.4, -0.2) is 23.5 Å². The Balaban J connectivity index is 2.58. The summed E-state index contributed by atoms with van der Waals surface area (Å²) in [5.74, 6) is -1.17. The zero-order valence-corrected chi connectivity index (χ0v) is 9.49. The summed E-state index contributed by atoms with van der Waals surface area (Å²) in [6.07, 6.45) is 0. The third-order valence-corrected chi connectivity index (χ3v) is 1.97. The molecule has 1 rings (SSSR count). The van der Waals surface area contributed by atoms with Crippen molar-refractivity contribution in [3.63, 3.8) is 0 Å². The van der Waals surface area contributed by atoms with Gasteiger partial charge >= 0.3 is 5.97 Å². The molecule has 5 nitrogen and oxygen atoms in total. The topological polar surface area (TPSA) is 78.4 Å². The number of carbonyl (C=O) groups is 2. The van der Waals surface area contributed by atoms with Crippen molar-refractivity contribution >= 4 is 23.3 Å². The molecule has 17 heavy (non-hydrogen) atoms. The smallest absolute Gasteiger partial charge is 0.322 e. The number of anilines is 2. The van der Waals surface area contributed by atoms with Gasteiger partial charge in [-0.05, 0) is 31.2 Å². The fourth-order valence-electron chi connectivity index (χ4n) is 1.09. The lowest BCUT2D eigenvalue weighted by Crippen LogP contribution is -2.13. The molecule has 1 aromatic rings. The van der Waals surface area contributed by atoms with E-state index in [9.17, 15) is 9.59 Å². The number of nitrogens with one attached hydrogen (secondary N) is 2. The molecule has 90 valence electrons. The minimum Gasteiger partial charge on any atom is -0.480 e. The Labute approximate surface area is 99.1 Å². The van der Waals surface area contributed by atoms with Gasteiger partial charge in [0.15, 0.2) is 0 Å².